The summed E-state index contributed by atoms with van der Waals surface area (Å²) in [5, 5.41) is 17.1. The highest BCUT2D eigenvalue weighted by molar-refractivity contribution is 5.90. The van der Waals surface area contributed by atoms with Gasteiger partial charge in [0.1, 0.15) is 11.9 Å². The number of amides is 3. The molecule has 1 saturated carbocycles. The van der Waals surface area contributed by atoms with Gasteiger partial charge in [-0.05, 0) is 62.7 Å². The van der Waals surface area contributed by atoms with Gasteiger partial charge in [0, 0.05) is 54.4 Å². The van der Waals surface area contributed by atoms with Crippen molar-refractivity contribution in [3.8, 4) is 5.75 Å². The molecule has 3 amide bonds. The minimum atomic E-state index is -0.319. The van der Waals surface area contributed by atoms with E-state index in [2.05, 4.69) is 46.6 Å². The van der Waals surface area contributed by atoms with Crippen LogP contribution in [0.2, 0.25) is 0 Å². The number of nitrogens with zero attached hydrogens (tertiary/aromatic N) is 3. The molecule has 5 rings (SSSR count). The molecule has 1 aliphatic heterocycles. The molecule has 2 aliphatic rings. The van der Waals surface area contributed by atoms with Crippen LogP contribution in [-0.4, -0.2) is 76.8 Å². The lowest BCUT2D eigenvalue weighted by Gasteiger charge is -2.34. The number of rotatable bonds is 8. The Morgan fingerprint density at radius 1 is 1.16 bits per heavy atom. The summed E-state index contributed by atoms with van der Waals surface area (Å²) in [6, 6.07) is 15.4. The predicted octanol–water partition coefficient (Wildman–Crippen LogP) is 4.97. The van der Waals surface area contributed by atoms with Gasteiger partial charge in [0.15, 0.2) is 0 Å². The number of aliphatic hydroxyl groups is 1. The molecule has 43 heavy (non-hydrogen) atoms. The summed E-state index contributed by atoms with van der Waals surface area (Å²) in [7, 11) is 2.08. The number of carbonyl (C=O) groups is 2. The Kier molecular flexibility index (Phi) is 10.1. The van der Waals surface area contributed by atoms with E-state index in [-0.39, 0.29) is 49.1 Å². The van der Waals surface area contributed by atoms with Crippen LogP contribution in [0.15, 0.2) is 54.7 Å². The number of nitrogens with one attached hydrogen (secondary N) is 2. The third kappa shape index (κ3) is 7.83. The van der Waals surface area contributed by atoms with Crippen LogP contribution < -0.4 is 15.4 Å². The van der Waals surface area contributed by atoms with Gasteiger partial charge in [0.05, 0.1) is 24.6 Å². The fraction of sp³-hybridized carbons (Fsp3) is 0.500. The number of ether oxygens (including phenoxy) is 1. The van der Waals surface area contributed by atoms with Crippen molar-refractivity contribution >= 4 is 28.5 Å². The summed E-state index contributed by atoms with van der Waals surface area (Å²) in [4.78, 5) is 34.8. The van der Waals surface area contributed by atoms with E-state index in [0.717, 1.165) is 48.7 Å². The van der Waals surface area contributed by atoms with Crippen molar-refractivity contribution in [2.45, 2.75) is 77.1 Å². The number of urea groups is 1. The van der Waals surface area contributed by atoms with Crippen molar-refractivity contribution in [3.63, 3.8) is 0 Å². The van der Waals surface area contributed by atoms with Crippen LogP contribution in [0, 0.1) is 5.92 Å². The minimum absolute atomic E-state index is 0.000364. The van der Waals surface area contributed by atoms with Gasteiger partial charge < -0.3 is 25.4 Å². The summed E-state index contributed by atoms with van der Waals surface area (Å²) in [6.07, 6.45) is 7.26. The van der Waals surface area contributed by atoms with E-state index in [4.69, 9.17) is 4.74 Å². The molecule has 2 heterocycles. The lowest BCUT2D eigenvalue weighted by Crippen LogP contribution is -2.47. The number of benzene rings is 2. The van der Waals surface area contributed by atoms with Crippen molar-refractivity contribution in [1.82, 2.24) is 20.1 Å². The number of aromatic nitrogens is 1. The maximum Gasteiger partial charge on any atom is 0.319 e. The fourth-order valence-corrected chi connectivity index (χ4v) is 6.28. The topological polar surface area (TPSA) is 107 Å². The van der Waals surface area contributed by atoms with Gasteiger partial charge in [-0.15, -0.1) is 0 Å². The van der Waals surface area contributed by atoms with E-state index in [0.29, 0.717) is 24.5 Å². The average molecular weight is 588 g/mol. The first-order chi connectivity index (χ1) is 20.8. The zero-order chi connectivity index (χ0) is 30.3. The molecule has 0 unspecified atom stereocenters. The molecule has 230 valence electrons. The monoisotopic (exact) mass is 587 g/mol. The number of carbonyl (C=O) groups excluding carboxylic acids is 2. The number of hydrogen-bond donors (Lipinski definition) is 3. The summed E-state index contributed by atoms with van der Waals surface area (Å²) in [5.74, 6) is 0.573. The molecule has 2 aromatic carbocycles. The molecule has 0 saturated heterocycles. The summed E-state index contributed by atoms with van der Waals surface area (Å²) < 4.78 is 6.69. The third-order valence-electron chi connectivity index (χ3n) is 8.79. The summed E-state index contributed by atoms with van der Waals surface area (Å²) in [5.41, 5.74) is 3.50. The molecule has 0 spiro atoms. The SMILES string of the molecule is C[C@@H]1CN([C@@H](C)CO)C(=O)Cc2cc(NC(=O)NC3CCCCC3)ccc2O[C@H]1CN(C)Cc1ccnc2ccccc12. The molecular formula is C34H45N5O4. The second-order valence-electron chi connectivity index (χ2n) is 12.3. The van der Waals surface area contributed by atoms with Gasteiger partial charge in [-0.2, -0.15) is 0 Å². The van der Waals surface area contributed by atoms with Crippen LogP contribution in [0.3, 0.4) is 0 Å². The Morgan fingerprint density at radius 2 is 1.95 bits per heavy atom. The lowest BCUT2D eigenvalue weighted by molar-refractivity contribution is -0.134. The number of anilines is 1. The molecule has 1 aromatic heterocycles. The first-order valence-electron chi connectivity index (χ1n) is 15.6. The van der Waals surface area contributed by atoms with E-state index < -0.39 is 0 Å². The van der Waals surface area contributed by atoms with E-state index in [1.54, 1.807) is 4.90 Å². The highest BCUT2D eigenvalue weighted by Gasteiger charge is 2.31. The van der Waals surface area contributed by atoms with Crippen molar-refractivity contribution in [2.75, 3.05) is 32.1 Å². The number of fused-ring (bicyclic) bond motifs is 2. The Hall–Kier alpha value is -3.69. The molecular weight excluding hydrogens is 542 g/mol. The Balaban J connectivity index is 1.36. The molecule has 3 N–H and O–H groups in total. The van der Waals surface area contributed by atoms with Crippen LogP contribution in [-0.2, 0) is 17.8 Å². The molecule has 3 aromatic rings. The number of aliphatic hydroxyl groups excluding tert-OH is 1. The normalized spacial score (nSPS) is 20.5. The largest absolute Gasteiger partial charge is 0.488 e. The van der Waals surface area contributed by atoms with Crippen molar-refractivity contribution < 1.29 is 19.4 Å². The van der Waals surface area contributed by atoms with Crippen molar-refractivity contribution in [3.05, 3.63) is 65.9 Å². The molecule has 3 atom stereocenters. The Morgan fingerprint density at radius 3 is 2.74 bits per heavy atom. The fourth-order valence-electron chi connectivity index (χ4n) is 6.28. The molecule has 9 heteroatoms. The summed E-state index contributed by atoms with van der Waals surface area (Å²) >= 11 is 0. The van der Waals surface area contributed by atoms with Crippen molar-refractivity contribution in [2.24, 2.45) is 5.92 Å². The second-order valence-corrected chi connectivity index (χ2v) is 12.3. The molecule has 0 radical (unpaired) electrons. The van der Waals surface area contributed by atoms with Crippen LogP contribution in [0.5, 0.6) is 5.75 Å². The molecule has 0 bridgehead atoms. The third-order valence-corrected chi connectivity index (χ3v) is 8.79. The van der Waals surface area contributed by atoms with Crippen LogP contribution in [0.4, 0.5) is 10.5 Å². The maximum atomic E-state index is 13.6. The quantitative estimate of drug-likeness (QED) is 0.344. The van der Waals surface area contributed by atoms with E-state index in [1.165, 1.54) is 12.0 Å². The van der Waals surface area contributed by atoms with Crippen LogP contribution in [0.1, 0.15) is 57.1 Å². The predicted molar refractivity (Wildman–Crippen MR) is 169 cm³/mol. The highest BCUT2D eigenvalue weighted by Crippen LogP contribution is 2.30. The lowest BCUT2D eigenvalue weighted by atomic mass is 9.96. The zero-order valence-corrected chi connectivity index (χ0v) is 25.6. The van der Waals surface area contributed by atoms with E-state index in [9.17, 15) is 14.7 Å². The Labute approximate surface area is 254 Å². The number of likely N-dealkylation sites (N-methyl/N-ethyl adjacent to an activating group) is 1. The van der Waals surface area contributed by atoms with Gasteiger partial charge in [0.25, 0.3) is 0 Å². The van der Waals surface area contributed by atoms with Gasteiger partial charge in [0.2, 0.25) is 5.91 Å². The number of pyridine rings is 1. The standard InChI is InChI=1S/C34H45N5O4/c1-23-19-39(24(2)22-40)33(41)18-26-17-28(37-34(42)36-27-9-5-4-6-10-27)13-14-31(26)43-32(23)21-38(3)20-25-15-16-35-30-12-8-7-11-29(25)30/h7-8,11-17,23-24,27,32,40H,4-6,9-10,18-22H2,1-3H3,(H2,36,37,42)/t23-,24+,32+/m1/s1. The molecule has 1 fully saturated rings. The molecule has 9 nitrogen and oxygen atoms in total. The molecule has 1 aliphatic carbocycles. The first-order valence-corrected chi connectivity index (χ1v) is 15.6. The minimum Gasteiger partial charge on any atom is -0.488 e. The smallest absolute Gasteiger partial charge is 0.319 e. The van der Waals surface area contributed by atoms with Crippen LogP contribution in [0.25, 0.3) is 10.9 Å². The van der Waals surface area contributed by atoms with Gasteiger partial charge in [-0.3, -0.25) is 14.7 Å². The highest BCUT2D eigenvalue weighted by atomic mass is 16.5. The van der Waals surface area contributed by atoms with E-state index in [1.807, 2.05) is 49.5 Å². The van der Waals surface area contributed by atoms with Crippen LogP contribution >= 0.6 is 0 Å². The number of hydrogen-bond acceptors (Lipinski definition) is 6. The zero-order valence-electron chi connectivity index (χ0n) is 25.6. The first kappa shape index (κ1) is 30.8. The second kappa shape index (κ2) is 14.2. The van der Waals surface area contributed by atoms with E-state index >= 15 is 0 Å². The summed E-state index contributed by atoms with van der Waals surface area (Å²) in [6.45, 7) is 5.68. The maximum absolute atomic E-state index is 13.6. The average Bonchev–Trinajstić information content (AvgIpc) is 3.04. The number of para-hydroxylation sites is 1. The Bertz CT molecular complexity index is 1400. The van der Waals surface area contributed by atoms with Gasteiger partial charge in [-0.25, -0.2) is 4.79 Å². The van der Waals surface area contributed by atoms with Gasteiger partial charge >= 0.3 is 6.03 Å². The van der Waals surface area contributed by atoms with Crippen molar-refractivity contribution in [1.29, 1.82) is 0 Å². The van der Waals surface area contributed by atoms with Gasteiger partial charge in [-0.1, -0.05) is 44.4 Å².